The number of carbonyl (C=O) groups excluding carboxylic acids is 1. The van der Waals surface area contributed by atoms with Gasteiger partial charge in [-0.2, -0.15) is 0 Å². The van der Waals surface area contributed by atoms with Crippen LogP contribution >= 0.6 is 0 Å². The van der Waals surface area contributed by atoms with Crippen molar-refractivity contribution in [2.45, 2.75) is 13.0 Å². The molecule has 0 bridgehead atoms. The van der Waals surface area contributed by atoms with Gasteiger partial charge in [0.2, 0.25) is 0 Å². The number of benzene rings is 2. The third-order valence-electron chi connectivity index (χ3n) is 5.49. The fourth-order valence-electron chi connectivity index (χ4n) is 3.96. The number of carbonyl (C=O) groups is 1. The molecule has 0 aromatic heterocycles. The number of piperazine rings is 1. The normalized spacial score (nSPS) is 21.1. The minimum atomic E-state index is -0.752. The number of fused-ring (bicyclic) bond motifs is 1. The summed E-state index contributed by atoms with van der Waals surface area (Å²) in [5, 5.41) is 2.54. The standard InChI is InChI=1S/C21H23F2N3O2/c22-17-2-3-19(18(23)12-17)24-21(27)14-26-8-6-25(7-9-26)13-15-1-4-20-16(11-15)5-10-28-20/h1-4,11-12H,5-10,13-14H2,(H,24,27)/p+2. The molecule has 2 aliphatic rings. The van der Waals surface area contributed by atoms with Gasteiger partial charge < -0.3 is 19.9 Å². The maximum Gasteiger partial charge on any atom is 0.279 e. The second kappa shape index (κ2) is 8.24. The van der Waals surface area contributed by atoms with Crippen LogP contribution in [0.1, 0.15) is 11.1 Å². The summed E-state index contributed by atoms with van der Waals surface area (Å²) in [6.07, 6.45) is 0.986. The highest BCUT2D eigenvalue weighted by Gasteiger charge is 2.25. The zero-order chi connectivity index (χ0) is 19.5. The number of anilines is 1. The van der Waals surface area contributed by atoms with Gasteiger partial charge in [0.25, 0.3) is 5.91 Å². The van der Waals surface area contributed by atoms with Gasteiger partial charge in [-0.15, -0.1) is 0 Å². The first-order chi connectivity index (χ1) is 13.6. The van der Waals surface area contributed by atoms with Crippen molar-refractivity contribution >= 4 is 11.6 Å². The average molecular weight is 389 g/mol. The lowest BCUT2D eigenvalue weighted by Gasteiger charge is -2.29. The van der Waals surface area contributed by atoms with E-state index >= 15 is 0 Å². The second-order valence-corrected chi connectivity index (χ2v) is 7.57. The maximum absolute atomic E-state index is 13.7. The molecule has 1 amide bonds. The van der Waals surface area contributed by atoms with Gasteiger partial charge in [-0.25, -0.2) is 8.78 Å². The third kappa shape index (κ3) is 4.48. The molecule has 1 saturated heterocycles. The lowest BCUT2D eigenvalue weighted by atomic mass is 10.1. The van der Waals surface area contributed by atoms with Crippen LogP contribution in [0.4, 0.5) is 14.5 Å². The van der Waals surface area contributed by atoms with E-state index in [9.17, 15) is 13.6 Å². The molecule has 0 aliphatic carbocycles. The first-order valence-corrected chi connectivity index (χ1v) is 9.73. The highest BCUT2D eigenvalue weighted by atomic mass is 19.1. The van der Waals surface area contributed by atoms with Gasteiger partial charge in [0.1, 0.15) is 50.1 Å². The Morgan fingerprint density at radius 1 is 1.04 bits per heavy atom. The molecular weight excluding hydrogens is 364 g/mol. The van der Waals surface area contributed by atoms with Gasteiger partial charge in [0.15, 0.2) is 6.54 Å². The summed E-state index contributed by atoms with van der Waals surface area (Å²) >= 11 is 0. The largest absolute Gasteiger partial charge is 0.493 e. The van der Waals surface area contributed by atoms with Crippen LogP contribution in [0.25, 0.3) is 0 Å². The molecule has 0 unspecified atom stereocenters. The fourth-order valence-corrected chi connectivity index (χ4v) is 3.96. The lowest BCUT2D eigenvalue weighted by Crippen LogP contribution is -3.28. The molecule has 2 heterocycles. The van der Waals surface area contributed by atoms with Gasteiger partial charge in [-0.1, -0.05) is 0 Å². The quantitative estimate of drug-likeness (QED) is 0.665. The van der Waals surface area contributed by atoms with Crippen LogP contribution in [-0.4, -0.2) is 45.2 Å². The number of ether oxygens (including phenoxy) is 1. The van der Waals surface area contributed by atoms with E-state index in [1.54, 1.807) is 0 Å². The van der Waals surface area contributed by atoms with Crippen LogP contribution < -0.4 is 19.9 Å². The number of amides is 1. The molecule has 2 aliphatic heterocycles. The topological polar surface area (TPSA) is 47.2 Å². The number of halogens is 2. The number of hydrogen-bond donors (Lipinski definition) is 3. The van der Waals surface area contributed by atoms with Gasteiger partial charge in [-0.3, -0.25) is 4.79 Å². The summed E-state index contributed by atoms with van der Waals surface area (Å²) in [5.74, 6) is -0.646. The molecule has 2 aromatic rings. The van der Waals surface area contributed by atoms with Crippen molar-refractivity contribution in [1.29, 1.82) is 0 Å². The van der Waals surface area contributed by atoms with Crippen molar-refractivity contribution in [3.63, 3.8) is 0 Å². The number of nitrogens with one attached hydrogen (secondary N) is 3. The van der Waals surface area contributed by atoms with E-state index in [2.05, 4.69) is 23.5 Å². The van der Waals surface area contributed by atoms with Gasteiger partial charge in [-0.05, 0) is 35.9 Å². The molecule has 0 saturated carbocycles. The van der Waals surface area contributed by atoms with E-state index in [0.717, 1.165) is 63.6 Å². The van der Waals surface area contributed by atoms with E-state index in [0.29, 0.717) is 6.54 Å². The van der Waals surface area contributed by atoms with E-state index in [-0.39, 0.29) is 11.6 Å². The summed E-state index contributed by atoms with van der Waals surface area (Å²) in [4.78, 5) is 14.9. The van der Waals surface area contributed by atoms with Gasteiger partial charge in [0, 0.05) is 18.1 Å². The Hall–Kier alpha value is -2.51. The van der Waals surface area contributed by atoms with Crippen LogP contribution in [0.5, 0.6) is 5.75 Å². The molecule has 5 nitrogen and oxygen atoms in total. The predicted octanol–water partition coefficient (Wildman–Crippen LogP) is -0.178. The smallest absolute Gasteiger partial charge is 0.279 e. The second-order valence-electron chi connectivity index (χ2n) is 7.57. The Morgan fingerprint density at radius 3 is 2.61 bits per heavy atom. The Bertz CT molecular complexity index is 867. The fraction of sp³-hybridized carbons (Fsp3) is 0.381. The molecule has 4 rings (SSSR count). The van der Waals surface area contributed by atoms with E-state index in [4.69, 9.17) is 4.74 Å². The predicted molar refractivity (Wildman–Crippen MR) is 101 cm³/mol. The summed E-state index contributed by atoms with van der Waals surface area (Å²) in [6.45, 7) is 5.80. The SMILES string of the molecule is O=C(C[NH+]1CC[NH+](Cc2ccc3c(c2)CCO3)CC1)Nc1ccc(F)cc1F. The van der Waals surface area contributed by atoms with E-state index in [1.165, 1.54) is 27.0 Å². The monoisotopic (exact) mass is 389 g/mol. The van der Waals surface area contributed by atoms with Crippen molar-refractivity contribution in [2.75, 3.05) is 44.6 Å². The Labute approximate surface area is 162 Å². The Kier molecular flexibility index (Phi) is 5.54. The highest BCUT2D eigenvalue weighted by Crippen LogP contribution is 2.25. The summed E-state index contributed by atoms with van der Waals surface area (Å²) in [6, 6.07) is 9.62. The minimum absolute atomic E-state index is 0.0238. The molecule has 0 radical (unpaired) electrons. The molecule has 2 aromatic carbocycles. The number of quaternary nitrogens is 2. The van der Waals surface area contributed by atoms with Crippen molar-refractivity contribution in [2.24, 2.45) is 0 Å². The summed E-state index contributed by atoms with van der Waals surface area (Å²) < 4.78 is 32.2. The van der Waals surface area contributed by atoms with Crippen LogP contribution in [0.2, 0.25) is 0 Å². The van der Waals surface area contributed by atoms with Gasteiger partial charge >= 0.3 is 0 Å². The summed E-state index contributed by atoms with van der Waals surface area (Å²) in [7, 11) is 0. The van der Waals surface area contributed by atoms with Crippen LogP contribution in [-0.2, 0) is 17.8 Å². The number of hydrogen-bond acceptors (Lipinski definition) is 2. The van der Waals surface area contributed by atoms with E-state index < -0.39 is 11.6 Å². The van der Waals surface area contributed by atoms with Gasteiger partial charge in [0.05, 0.1) is 12.3 Å². The van der Waals surface area contributed by atoms with Crippen molar-refractivity contribution in [3.8, 4) is 5.75 Å². The Balaban J connectivity index is 1.24. The van der Waals surface area contributed by atoms with Crippen molar-refractivity contribution in [3.05, 3.63) is 59.2 Å². The van der Waals surface area contributed by atoms with Crippen LogP contribution in [0, 0.1) is 11.6 Å². The van der Waals surface area contributed by atoms with Crippen LogP contribution in [0.3, 0.4) is 0 Å². The highest BCUT2D eigenvalue weighted by molar-refractivity contribution is 5.91. The molecule has 3 N–H and O–H groups in total. The Morgan fingerprint density at radius 2 is 1.82 bits per heavy atom. The van der Waals surface area contributed by atoms with Crippen molar-refractivity contribution in [1.82, 2.24) is 0 Å². The number of rotatable bonds is 5. The molecule has 28 heavy (non-hydrogen) atoms. The molecule has 7 heteroatoms. The first kappa shape index (κ1) is 18.8. The third-order valence-corrected chi connectivity index (χ3v) is 5.49. The van der Waals surface area contributed by atoms with Crippen molar-refractivity contribution < 1.29 is 28.1 Å². The zero-order valence-corrected chi connectivity index (χ0v) is 15.7. The molecular formula is C21H25F2N3O2+2. The summed E-state index contributed by atoms with van der Waals surface area (Å²) in [5.41, 5.74) is 2.65. The zero-order valence-electron chi connectivity index (χ0n) is 15.7. The maximum atomic E-state index is 13.7. The average Bonchev–Trinajstić information content (AvgIpc) is 3.13. The first-order valence-electron chi connectivity index (χ1n) is 9.73. The molecule has 148 valence electrons. The minimum Gasteiger partial charge on any atom is -0.493 e. The lowest BCUT2D eigenvalue weighted by molar-refractivity contribution is -1.02. The van der Waals surface area contributed by atoms with E-state index in [1.807, 2.05) is 0 Å². The molecule has 0 spiro atoms. The molecule has 1 fully saturated rings. The molecule has 0 atom stereocenters. The van der Waals surface area contributed by atoms with Crippen LogP contribution in [0.15, 0.2) is 36.4 Å².